The number of rotatable bonds is 1. The standard InChI is InChI=1S/C22H21N5O/c1-13-4-5-15(6-7-16-8-9-27(3)22(16)28)10-17(13)21-25-12-18-14(2)11-24-20(23)19(18)26-21/h4-5,10-12,16H,8-9H2,1-3H3,(H2,23,24). The number of anilines is 1. The molecule has 6 heteroatoms. The minimum atomic E-state index is -0.222. The second kappa shape index (κ2) is 6.93. The number of benzene rings is 1. The smallest absolute Gasteiger partial charge is 0.237 e. The number of nitrogens with two attached hydrogens (primary N) is 1. The van der Waals surface area contributed by atoms with Gasteiger partial charge in [-0.05, 0) is 43.5 Å². The highest BCUT2D eigenvalue weighted by atomic mass is 16.2. The number of nitrogen functional groups attached to an aromatic ring is 1. The number of carbonyl (C=O) groups excluding carboxylic acids is 1. The van der Waals surface area contributed by atoms with Crippen LogP contribution in [0.5, 0.6) is 0 Å². The van der Waals surface area contributed by atoms with E-state index >= 15 is 0 Å². The topological polar surface area (TPSA) is 85.0 Å². The molecule has 0 spiro atoms. The number of amides is 1. The van der Waals surface area contributed by atoms with Crippen molar-refractivity contribution in [1.29, 1.82) is 0 Å². The summed E-state index contributed by atoms with van der Waals surface area (Å²) in [5.74, 6) is 7.10. The molecule has 4 rings (SSSR count). The van der Waals surface area contributed by atoms with Crippen molar-refractivity contribution in [3.63, 3.8) is 0 Å². The Morgan fingerprint density at radius 2 is 2.00 bits per heavy atom. The van der Waals surface area contributed by atoms with Gasteiger partial charge in [0.2, 0.25) is 5.91 Å². The third-order valence-electron chi connectivity index (χ3n) is 5.15. The summed E-state index contributed by atoms with van der Waals surface area (Å²) in [5, 5.41) is 0.897. The van der Waals surface area contributed by atoms with E-state index in [0.717, 1.165) is 40.6 Å². The van der Waals surface area contributed by atoms with Crippen LogP contribution in [0.2, 0.25) is 0 Å². The third-order valence-corrected chi connectivity index (χ3v) is 5.15. The maximum absolute atomic E-state index is 12.0. The highest BCUT2D eigenvalue weighted by molar-refractivity contribution is 5.90. The van der Waals surface area contributed by atoms with Gasteiger partial charge in [-0.15, -0.1) is 0 Å². The maximum Gasteiger partial charge on any atom is 0.237 e. The van der Waals surface area contributed by atoms with Crippen LogP contribution in [-0.4, -0.2) is 39.4 Å². The molecule has 1 aromatic carbocycles. The van der Waals surface area contributed by atoms with Gasteiger partial charge in [-0.2, -0.15) is 0 Å². The van der Waals surface area contributed by atoms with E-state index < -0.39 is 0 Å². The number of fused-ring (bicyclic) bond motifs is 1. The number of pyridine rings is 1. The van der Waals surface area contributed by atoms with Gasteiger partial charge in [0.15, 0.2) is 5.82 Å². The molecule has 1 fully saturated rings. The zero-order valence-electron chi connectivity index (χ0n) is 16.2. The summed E-state index contributed by atoms with van der Waals surface area (Å²) in [6, 6.07) is 5.91. The molecule has 1 aliphatic heterocycles. The Hall–Kier alpha value is -3.46. The predicted molar refractivity (Wildman–Crippen MR) is 109 cm³/mol. The molecule has 0 radical (unpaired) electrons. The van der Waals surface area contributed by atoms with E-state index in [4.69, 9.17) is 5.73 Å². The molecule has 28 heavy (non-hydrogen) atoms. The molecule has 140 valence electrons. The number of carbonyl (C=O) groups is 1. The van der Waals surface area contributed by atoms with E-state index in [0.29, 0.717) is 17.2 Å². The van der Waals surface area contributed by atoms with Crippen molar-refractivity contribution in [3.8, 4) is 23.2 Å². The number of aryl methyl sites for hydroxylation is 2. The molecule has 0 aliphatic carbocycles. The molecule has 3 heterocycles. The number of hydrogen-bond donors (Lipinski definition) is 1. The first-order chi connectivity index (χ1) is 13.4. The third kappa shape index (κ3) is 3.16. The molecule has 1 atom stereocenters. The van der Waals surface area contributed by atoms with Crippen molar-refractivity contribution < 1.29 is 4.79 Å². The van der Waals surface area contributed by atoms with Crippen LogP contribution >= 0.6 is 0 Å². The molecule has 2 aromatic heterocycles. The summed E-state index contributed by atoms with van der Waals surface area (Å²) in [6.07, 6.45) is 4.29. The van der Waals surface area contributed by atoms with Crippen LogP contribution in [0.1, 0.15) is 23.1 Å². The first-order valence-corrected chi connectivity index (χ1v) is 9.19. The largest absolute Gasteiger partial charge is 0.382 e. The van der Waals surface area contributed by atoms with Crippen LogP contribution in [-0.2, 0) is 4.79 Å². The van der Waals surface area contributed by atoms with Gasteiger partial charge in [-0.3, -0.25) is 4.79 Å². The summed E-state index contributed by atoms with van der Waals surface area (Å²) >= 11 is 0. The van der Waals surface area contributed by atoms with Crippen molar-refractivity contribution in [1.82, 2.24) is 19.9 Å². The normalized spacial score (nSPS) is 16.3. The minimum Gasteiger partial charge on any atom is -0.382 e. The summed E-state index contributed by atoms with van der Waals surface area (Å²) in [6.45, 7) is 4.73. The average Bonchev–Trinajstić information content (AvgIpc) is 3.02. The van der Waals surface area contributed by atoms with Crippen LogP contribution < -0.4 is 5.73 Å². The second-order valence-electron chi connectivity index (χ2n) is 7.18. The van der Waals surface area contributed by atoms with Crippen LogP contribution in [0.15, 0.2) is 30.6 Å². The highest BCUT2D eigenvalue weighted by Gasteiger charge is 2.27. The van der Waals surface area contributed by atoms with Crippen molar-refractivity contribution in [3.05, 3.63) is 47.3 Å². The molecule has 1 saturated heterocycles. The van der Waals surface area contributed by atoms with Gasteiger partial charge in [-0.1, -0.05) is 17.9 Å². The van der Waals surface area contributed by atoms with E-state index in [9.17, 15) is 4.79 Å². The fraction of sp³-hybridized carbons (Fsp3) is 0.273. The van der Waals surface area contributed by atoms with Gasteiger partial charge in [0.25, 0.3) is 0 Å². The van der Waals surface area contributed by atoms with Crippen LogP contribution in [0, 0.1) is 31.6 Å². The lowest BCUT2D eigenvalue weighted by molar-refractivity contribution is -0.128. The summed E-state index contributed by atoms with van der Waals surface area (Å²) in [5.41, 5.74) is 10.4. The van der Waals surface area contributed by atoms with E-state index in [2.05, 4.69) is 26.8 Å². The molecular weight excluding hydrogens is 350 g/mol. The maximum atomic E-state index is 12.0. The van der Waals surface area contributed by atoms with Gasteiger partial charge in [-0.25, -0.2) is 15.0 Å². The van der Waals surface area contributed by atoms with Gasteiger partial charge in [0.05, 0.1) is 0 Å². The summed E-state index contributed by atoms with van der Waals surface area (Å²) in [4.78, 5) is 27.2. The predicted octanol–water partition coefficient (Wildman–Crippen LogP) is 2.72. The van der Waals surface area contributed by atoms with Crippen molar-refractivity contribution in [2.45, 2.75) is 20.3 Å². The Bertz CT molecular complexity index is 1160. The van der Waals surface area contributed by atoms with Crippen LogP contribution in [0.4, 0.5) is 5.82 Å². The van der Waals surface area contributed by atoms with Crippen molar-refractivity contribution in [2.75, 3.05) is 19.3 Å². The average molecular weight is 371 g/mol. The van der Waals surface area contributed by atoms with Crippen LogP contribution in [0.3, 0.4) is 0 Å². The second-order valence-corrected chi connectivity index (χ2v) is 7.18. The number of nitrogens with zero attached hydrogens (tertiary/aromatic N) is 4. The van der Waals surface area contributed by atoms with Crippen LogP contribution in [0.25, 0.3) is 22.3 Å². The molecule has 6 nitrogen and oxygen atoms in total. The molecule has 1 aliphatic rings. The summed E-state index contributed by atoms with van der Waals surface area (Å²) in [7, 11) is 1.81. The number of hydrogen-bond acceptors (Lipinski definition) is 5. The van der Waals surface area contributed by atoms with E-state index in [1.54, 1.807) is 17.3 Å². The van der Waals surface area contributed by atoms with Gasteiger partial charge < -0.3 is 10.6 Å². The number of likely N-dealkylation sites (tertiary alicyclic amines) is 1. The fourth-order valence-corrected chi connectivity index (χ4v) is 3.36. The van der Waals surface area contributed by atoms with E-state index in [1.165, 1.54) is 0 Å². The van der Waals surface area contributed by atoms with Crippen molar-refractivity contribution >= 4 is 22.6 Å². The Balaban J connectivity index is 1.73. The van der Waals surface area contributed by atoms with E-state index in [-0.39, 0.29) is 11.8 Å². The Kier molecular flexibility index (Phi) is 4.44. The highest BCUT2D eigenvalue weighted by Crippen LogP contribution is 2.26. The molecule has 0 bridgehead atoms. The lowest BCUT2D eigenvalue weighted by Gasteiger charge is -2.09. The lowest BCUT2D eigenvalue weighted by atomic mass is 10.0. The molecule has 3 aromatic rings. The zero-order valence-corrected chi connectivity index (χ0v) is 16.2. The fourth-order valence-electron chi connectivity index (χ4n) is 3.36. The van der Waals surface area contributed by atoms with Gasteiger partial charge in [0, 0.05) is 42.5 Å². The summed E-state index contributed by atoms with van der Waals surface area (Å²) < 4.78 is 0. The molecule has 1 amide bonds. The van der Waals surface area contributed by atoms with E-state index in [1.807, 2.05) is 39.1 Å². The molecule has 1 unspecified atom stereocenters. The Labute approximate surface area is 163 Å². The Morgan fingerprint density at radius 3 is 2.75 bits per heavy atom. The SMILES string of the molecule is Cc1ccc(C#CC2CCN(C)C2=O)cc1-c1ncc2c(C)cnc(N)c2n1. The quantitative estimate of drug-likeness (QED) is 0.665. The monoisotopic (exact) mass is 371 g/mol. The number of aromatic nitrogens is 3. The van der Waals surface area contributed by atoms with Crippen molar-refractivity contribution in [2.24, 2.45) is 5.92 Å². The zero-order chi connectivity index (χ0) is 19.8. The first kappa shape index (κ1) is 17.9. The molecule has 0 saturated carbocycles. The Morgan fingerprint density at radius 1 is 1.18 bits per heavy atom. The first-order valence-electron chi connectivity index (χ1n) is 9.19. The van der Waals surface area contributed by atoms with Gasteiger partial charge >= 0.3 is 0 Å². The minimum absolute atomic E-state index is 0.0936. The van der Waals surface area contributed by atoms with Gasteiger partial charge in [0.1, 0.15) is 17.3 Å². The lowest BCUT2D eigenvalue weighted by Crippen LogP contribution is -2.21. The molecular formula is C22H21N5O. The molecule has 2 N–H and O–H groups in total.